The van der Waals surface area contributed by atoms with Gasteiger partial charge in [0.05, 0.1) is 5.76 Å². The number of hydrogen-bond acceptors (Lipinski definition) is 1. The summed E-state index contributed by atoms with van der Waals surface area (Å²) in [5.41, 5.74) is 0. The van der Waals surface area contributed by atoms with Gasteiger partial charge in [0.2, 0.25) is 0 Å². The summed E-state index contributed by atoms with van der Waals surface area (Å²) in [6.45, 7) is 4.45. The quantitative estimate of drug-likeness (QED) is 0.647. The molecule has 0 heterocycles. The van der Waals surface area contributed by atoms with E-state index < -0.39 is 0 Å². The van der Waals surface area contributed by atoms with Crippen molar-refractivity contribution < 1.29 is 5.11 Å². The highest BCUT2D eigenvalue weighted by Gasteiger charge is 2.22. The summed E-state index contributed by atoms with van der Waals surface area (Å²) in [5.74, 6) is 2.16. The van der Waals surface area contributed by atoms with Gasteiger partial charge in [-0.3, -0.25) is 0 Å². The number of hydrogen-bond donors (Lipinski definition) is 1. The van der Waals surface area contributed by atoms with Gasteiger partial charge in [0.1, 0.15) is 0 Å². The highest BCUT2D eigenvalue weighted by Crippen LogP contribution is 2.32. The van der Waals surface area contributed by atoms with Crippen LogP contribution in [0.3, 0.4) is 0 Å². The van der Waals surface area contributed by atoms with Gasteiger partial charge in [-0.15, -0.1) is 0 Å². The van der Waals surface area contributed by atoms with Gasteiger partial charge in [0.25, 0.3) is 0 Å². The maximum atomic E-state index is 9.29. The molecule has 0 aromatic rings. The Morgan fingerprint density at radius 1 is 1.36 bits per heavy atom. The lowest BCUT2D eigenvalue weighted by molar-refractivity contribution is 0.243. The van der Waals surface area contributed by atoms with Gasteiger partial charge < -0.3 is 5.11 Å². The van der Waals surface area contributed by atoms with E-state index in [9.17, 15) is 5.11 Å². The Bertz CT molecular complexity index is 149. The van der Waals surface area contributed by atoms with Gasteiger partial charge in [-0.25, -0.2) is 0 Å². The van der Waals surface area contributed by atoms with Crippen molar-refractivity contribution in [3.05, 3.63) is 11.8 Å². The van der Waals surface area contributed by atoms with Crippen molar-refractivity contribution in [3.8, 4) is 0 Å². The molecule has 0 aliphatic heterocycles. The molecule has 64 valence electrons. The van der Waals surface area contributed by atoms with Crippen molar-refractivity contribution in [2.75, 3.05) is 0 Å². The second-order valence-corrected chi connectivity index (χ2v) is 3.47. The second-order valence-electron chi connectivity index (χ2n) is 3.47. The molecule has 0 saturated heterocycles. The van der Waals surface area contributed by atoms with E-state index in [1.165, 1.54) is 12.8 Å². The molecule has 0 spiro atoms. The van der Waals surface area contributed by atoms with Crippen LogP contribution in [0.4, 0.5) is 0 Å². The van der Waals surface area contributed by atoms with Crippen LogP contribution in [0, 0.1) is 11.8 Å². The molecular formula is C10H18O. The van der Waals surface area contributed by atoms with Gasteiger partial charge in [-0.1, -0.05) is 26.7 Å². The lowest BCUT2D eigenvalue weighted by atomic mass is 9.79. The van der Waals surface area contributed by atoms with Crippen LogP contribution in [0.1, 0.15) is 39.5 Å². The molecule has 0 aromatic heterocycles. The summed E-state index contributed by atoms with van der Waals surface area (Å²) in [6, 6.07) is 0. The fourth-order valence-corrected chi connectivity index (χ4v) is 1.98. The summed E-state index contributed by atoms with van der Waals surface area (Å²) in [7, 11) is 0. The number of rotatable bonds is 2. The Morgan fingerprint density at radius 2 is 2.00 bits per heavy atom. The summed E-state index contributed by atoms with van der Waals surface area (Å²) < 4.78 is 0. The van der Waals surface area contributed by atoms with E-state index in [-0.39, 0.29) is 0 Å². The molecule has 1 aliphatic carbocycles. The van der Waals surface area contributed by atoms with Crippen LogP contribution in [0.15, 0.2) is 11.8 Å². The molecule has 0 amide bonds. The van der Waals surface area contributed by atoms with E-state index >= 15 is 0 Å². The van der Waals surface area contributed by atoms with Gasteiger partial charge in [-0.2, -0.15) is 0 Å². The molecule has 1 N–H and O–H groups in total. The van der Waals surface area contributed by atoms with E-state index in [2.05, 4.69) is 13.8 Å². The van der Waals surface area contributed by atoms with Crippen molar-refractivity contribution in [3.63, 3.8) is 0 Å². The van der Waals surface area contributed by atoms with Crippen LogP contribution in [-0.2, 0) is 0 Å². The molecule has 1 rings (SSSR count). The summed E-state index contributed by atoms with van der Waals surface area (Å²) in [4.78, 5) is 0. The first-order chi connectivity index (χ1) is 5.27. The molecule has 0 fully saturated rings. The SMILES string of the molecule is CCC1CC=C(O)CC1CC. The van der Waals surface area contributed by atoms with E-state index in [1.54, 1.807) is 0 Å². The average Bonchev–Trinajstić information content (AvgIpc) is 2.04. The van der Waals surface area contributed by atoms with Crippen molar-refractivity contribution in [2.45, 2.75) is 39.5 Å². The fraction of sp³-hybridized carbons (Fsp3) is 0.800. The van der Waals surface area contributed by atoms with Crippen molar-refractivity contribution in [1.29, 1.82) is 0 Å². The third kappa shape index (κ3) is 1.98. The first kappa shape index (κ1) is 8.63. The molecule has 0 bridgehead atoms. The highest BCUT2D eigenvalue weighted by molar-refractivity contribution is 5.00. The average molecular weight is 154 g/mol. The molecule has 0 radical (unpaired) electrons. The minimum Gasteiger partial charge on any atom is -0.513 e. The van der Waals surface area contributed by atoms with Crippen LogP contribution >= 0.6 is 0 Å². The van der Waals surface area contributed by atoms with Crippen LogP contribution in [0.2, 0.25) is 0 Å². The molecule has 1 nitrogen and oxygen atoms in total. The van der Waals surface area contributed by atoms with Crippen LogP contribution in [0.5, 0.6) is 0 Å². The zero-order valence-electron chi connectivity index (χ0n) is 7.51. The van der Waals surface area contributed by atoms with E-state index in [0.29, 0.717) is 5.76 Å². The Hall–Kier alpha value is -0.460. The normalized spacial score (nSPS) is 31.6. The maximum Gasteiger partial charge on any atom is 0.0885 e. The standard InChI is InChI=1S/C10H18O/c1-3-8-5-6-10(11)7-9(8)4-2/h6,8-9,11H,3-5,7H2,1-2H3. The Morgan fingerprint density at radius 3 is 2.55 bits per heavy atom. The third-order valence-corrected chi connectivity index (χ3v) is 2.84. The Balaban J connectivity index is 2.55. The molecule has 2 unspecified atom stereocenters. The fourth-order valence-electron chi connectivity index (χ4n) is 1.98. The van der Waals surface area contributed by atoms with Crippen LogP contribution < -0.4 is 0 Å². The molecule has 1 aliphatic rings. The van der Waals surface area contributed by atoms with Gasteiger partial charge in [-0.05, 0) is 24.3 Å². The predicted octanol–water partition coefficient (Wildman–Crippen LogP) is 3.27. The summed E-state index contributed by atoms with van der Waals surface area (Å²) in [6.07, 6.45) is 6.44. The van der Waals surface area contributed by atoms with E-state index in [1.807, 2.05) is 6.08 Å². The first-order valence-electron chi connectivity index (χ1n) is 4.65. The van der Waals surface area contributed by atoms with Crippen molar-refractivity contribution in [2.24, 2.45) is 11.8 Å². The zero-order chi connectivity index (χ0) is 8.27. The molecule has 2 atom stereocenters. The monoisotopic (exact) mass is 154 g/mol. The van der Waals surface area contributed by atoms with Crippen LogP contribution in [0.25, 0.3) is 0 Å². The largest absolute Gasteiger partial charge is 0.513 e. The lowest BCUT2D eigenvalue weighted by Crippen LogP contribution is -2.17. The van der Waals surface area contributed by atoms with E-state index in [4.69, 9.17) is 0 Å². The topological polar surface area (TPSA) is 20.2 Å². The smallest absolute Gasteiger partial charge is 0.0885 e. The molecule has 11 heavy (non-hydrogen) atoms. The Labute approximate surface area is 69.1 Å². The van der Waals surface area contributed by atoms with Gasteiger partial charge in [0, 0.05) is 6.42 Å². The Kier molecular flexibility index (Phi) is 2.98. The van der Waals surface area contributed by atoms with Crippen LogP contribution in [-0.4, -0.2) is 5.11 Å². The highest BCUT2D eigenvalue weighted by atomic mass is 16.3. The summed E-state index contributed by atoms with van der Waals surface area (Å²) in [5, 5.41) is 9.29. The number of allylic oxidation sites excluding steroid dienone is 2. The third-order valence-electron chi connectivity index (χ3n) is 2.84. The minimum atomic E-state index is 0.613. The predicted molar refractivity (Wildman–Crippen MR) is 47.5 cm³/mol. The zero-order valence-corrected chi connectivity index (χ0v) is 7.51. The van der Waals surface area contributed by atoms with Crippen molar-refractivity contribution >= 4 is 0 Å². The molecule has 0 aromatic carbocycles. The second kappa shape index (κ2) is 3.80. The van der Waals surface area contributed by atoms with Gasteiger partial charge in [0.15, 0.2) is 0 Å². The summed E-state index contributed by atoms with van der Waals surface area (Å²) >= 11 is 0. The van der Waals surface area contributed by atoms with E-state index in [0.717, 1.165) is 24.7 Å². The molecule has 0 saturated carbocycles. The number of aliphatic hydroxyl groups is 1. The first-order valence-corrected chi connectivity index (χ1v) is 4.65. The van der Waals surface area contributed by atoms with Crippen molar-refractivity contribution in [1.82, 2.24) is 0 Å². The number of aliphatic hydroxyl groups excluding tert-OH is 1. The molecule has 1 heteroatoms. The van der Waals surface area contributed by atoms with Gasteiger partial charge >= 0.3 is 0 Å². The maximum absolute atomic E-state index is 9.29. The lowest BCUT2D eigenvalue weighted by Gasteiger charge is -2.27. The molecular weight excluding hydrogens is 136 g/mol. The minimum absolute atomic E-state index is 0.613.